The van der Waals surface area contributed by atoms with Gasteiger partial charge in [-0.05, 0) is 24.3 Å². The molecule has 0 atom stereocenters. The van der Waals surface area contributed by atoms with Crippen molar-refractivity contribution in [1.29, 1.82) is 0 Å². The number of aromatic nitrogens is 3. The number of benzene rings is 1. The number of hydrogen-bond donors (Lipinski definition) is 4. The highest BCUT2D eigenvalue weighted by Crippen LogP contribution is 2.24. The Morgan fingerprint density at radius 2 is 1.76 bits per heavy atom. The smallest absolute Gasteiger partial charge is 0.269 e. The number of nitrogen functional groups attached to an aromatic ring is 1. The molecule has 0 bridgehead atoms. The summed E-state index contributed by atoms with van der Waals surface area (Å²) < 4.78 is 0. The normalized spacial score (nSPS) is 10.1. The molecule has 2 aromatic heterocycles. The highest BCUT2D eigenvalue weighted by Gasteiger charge is 2.10. The second-order valence-electron chi connectivity index (χ2n) is 4.92. The minimum absolute atomic E-state index is 0.229. The van der Waals surface area contributed by atoms with Crippen LogP contribution < -0.4 is 21.9 Å². The topological polar surface area (TPSA) is 118 Å². The number of nitrogens with zero attached hydrogens (tertiary/aromatic N) is 3. The van der Waals surface area contributed by atoms with Crippen LogP contribution in [-0.4, -0.2) is 20.9 Å². The van der Waals surface area contributed by atoms with E-state index < -0.39 is 0 Å². The first-order chi connectivity index (χ1) is 12.1. The highest BCUT2D eigenvalue weighted by molar-refractivity contribution is 6.30. The van der Waals surface area contributed by atoms with Crippen LogP contribution in [0.15, 0.2) is 55.0 Å². The summed E-state index contributed by atoms with van der Waals surface area (Å²) in [6.45, 7) is 0. The van der Waals surface area contributed by atoms with Gasteiger partial charge in [0.25, 0.3) is 5.91 Å². The van der Waals surface area contributed by atoms with Gasteiger partial charge in [0.2, 0.25) is 0 Å². The molecule has 5 N–H and O–H groups in total. The number of pyridine rings is 1. The fourth-order valence-electron chi connectivity index (χ4n) is 1.94. The maximum absolute atomic E-state index is 12.0. The Morgan fingerprint density at radius 3 is 2.48 bits per heavy atom. The second kappa shape index (κ2) is 7.45. The van der Waals surface area contributed by atoms with Crippen molar-refractivity contribution in [2.75, 3.05) is 16.5 Å². The van der Waals surface area contributed by atoms with E-state index in [0.717, 1.165) is 0 Å². The van der Waals surface area contributed by atoms with E-state index in [1.165, 1.54) is 12.5 Å². The third-order valence-electron chi connectivity index (χ3n) is 3.19. The Kier molecular flexibility index (Phi) is 4.91. The molecule has 0 aliphatic heterocycles. The SMILES string of the molecule is Nc1c(NNC(=O)c2ccccc2)ncnc1Nc1ccc(Cl)cn1. The maximum Gasteiger partial charge on any atom is 0.269 e. The Morgan fingerprint density at radius 1 is 1.00 bits per heavy atom. The zero-order valence-electron chi connectivity index (χ0n) is 12.9. The lowest BCUT2D eigenvalue weighted by atomic mass is 10.2. The number of nitrogens with two attached hydrogens (primary N) is 1. The highest BCUT2D eigenvalue weighted by atomic mass is 35.5. The Labute approximate surface area is 148 Å². The van der Waals surface area contributed by atoms with Crippen LogP contribution in [0.1, 0.15) is 10.4 Å². The summed E-state index contributed by atoms with van der Waals surface area (Å²) in [5.41, 5.74) is 12.0. The minimum Gasteiger partial charge on any atom is -0.393 e. The molecule has 0 spiro atoms. The molecule has 0 saturated carbocycles. The number of amides is 1. The first kappa shape index (κ1) is 16.5. The van der Waals surface area contributed by atoms with E-state index in [0.29, 0.717) is 22.2 Å². The summed E-state index contributed by atoms with van der Waals surface area (Å²) in [6, 6.07) is 12.1. The number of halogens is 1. The number of anilines is 4. The van der Waals surface area contributed by atoms with Gasteiger partial charge in [-0.15, -0.1) is 0 Å². The van der Waals surface area contributed by atoms with Crippen molar-refractivity contribution in [3.8, 4) is 0 Å². The molecule has 0 saturated heterocycles. The summed E-state index contributed by atoms with van der Waals surface area (Å²) in [5, 5.41) is 3.48. The predicted octanol–water partition coefficient (Wildman–Crippen LogP) is 2.61. The number of hydrogen-bond acceptors (Lipinski definition) is 7. The van der Waals surface area contributed by atoms with Gasteiger partial charge < -0.3 is 11.1 Å². The molecule has 0 unspecified atom stereocenters. The van der Waals surface area contributed by atoms with Gasteiger partial charge in [0, 0.05) is 11.8 Å². The van der Waals surface area contributed by atoms with Crippen LogP contribution in [0, 0.1) is 0 Å². The quantitative estimate of drug-likeness (QED) is 0.519. The van der Waals surface area contributed by atoms with Crippen LogP contribution in [0.25, 0.3) is 0 Å². The Hall–Kier alpha value is -3.39. The van der Waals surface area contributed by atoms with E-state index in [1.54, 1.807) is 36.4 Å². The number of rotatable bonds is 5. The molecule has 126 valence electrons. The third-order valence-corrected chi connectivity index (χ3v) is 3.41. The van der Waals surface area contributed by atoms with Gasteiger partial charge in [-0.1, -0.05) is 29.8 Å². The zero-order chi connectivity index (χ0) is 17.6. The molecular formula is C16H14ClN7O. The van der Waals surface area contributed by atoms with Crippen LogP contribution in [0.5, 0.6) is 0 Å². The van der Waals surface area contributed by atoms with E-state index in [9.17, 15) is 4.79 Å². The molecule has 3 aromatic rings. The number of carbonyl (C=O) groups excluding carboxylic acids is 1. The standard InChI is InChI=1S/C16H14ClN7O/c17-11-6-7-12(19-8-11)22-14-13(18)15(21-9-20-14)23-24-16(25)10-4-2-1-3-5-10/h1-9H,18H2,(H,24,25)(H2,19,20,21,22,23). The van der Waals surface area contributed by atoms with Crippen molar-refractivity contribution in [1.82, 2.24) is 20.4 Å². The lowest BCUT2D eigenvalue weighted by Crippen LogP contribution is -2.30. The molecule has 3 rings (SSSR count). The maximum atomic E-state index is 12.0. The minimum atomic E-state index is -0.313. The molecule has 1 aromatic carbocycles. The van der Waals surface area contributed by atoms with E-state index in [1.807, 2.05) is 6.07 Å². The molecule has 0 aliphatic rings. The van der Waals surface area contributed by atoms with Crippen molar-refractivity contribution in [3.05, 3.63) is 65.6 Å². The first-order valence-electron chi connectivity index (χ1n) is 7.24. The van der Waals surface area contributed by atoms with Gasteiger partial charge in [-0.3, -0.25) is 15.6 Å². The van der Waals surface area contributed by atoms with E-state index >= 15 is 0 Å². The number of hydrazine groups is 1. The predicted molar refractivity (Wildman–Crippen MR) is 96.5 cm³/mol. The molecule has 0 aliphatic carbocycles. The van der Waals surface area contributed by atoms with Crippen molar-refractivity contribution in [2.24, 2.45) is 0 Å². The summed E-state index contributed by atoms with van der Waals surface area (Å²) in [4.78, 5) is 24.2. The van der Waals surface area contributed by atoms with Gasteiger partial charge in [0.1, 0.15) is 17.8 Å². The number of carbonyl (C=O) groups is 1. The van der Waals surface area contributed by atoms with Gasteiger partial charge >= 0.3 is 0 Å². The van der Waals surface area contributed by atoms with Crippen LogP contribution in [0.3, 0.4) is 0 Å². The molecule has 9 heteroatoms. The number of nitrogens with one attached hydrogen (secondary N) is 3. The molecule has 1 amide bonds. The summed E-state index contributed by atoms with van der Waals surface area (Å²) >= 11 is 5.80. The average molecular weight is 356 g/mol. The van der Waals surface area contributed by atoms with Crippen LogP contribution in [0.2, 0.25) is 5.02 Å². The van der Waals surface area contributed by atoms with Crippen molar-refractivity contribution >= 4 is 40.6 Å². The lowest BCUT2D eigenvalue weighted by Gasteiger charge is -2.12. The van der Waals surface area contributed by atoms with Gasteiger partial charge in [-0.2, -0.15) is 0 Å². The van der Waals surface area contributed by atoms with Crippen molar-refractivity contribution in [2.45, 2.75) is 0 Å². The van der Waals surface area contributed by atoms with Gasteiger partial charge in [-0.25, -0.2) is 15.0 Å². The first-order valence-corrected chi connectivity index (χ1v) is 7.62. The Bertz CT molecular complexity index is 871. The molecule has 0 fully saturated rings. The molecular weight excluding hydrogens is 342 g/mol. The summed E-state index contributed by atoms with van der Waals surface area (Å²) in [7, 11) is 0. The molecule has 8 nitrogen and oxygen atoms in total. The van der Waals surface area contributed by atoms with Gasteiger partial charge in [0.15, 0.2) is 11.6 Å². The second-order valence-corrected chi connectivity index (χ2v) is 5.35. The Balaban J connectivity index is 1.70. The van der Waals surface area contributed by atoms with Gasteiger partial charge in [0.05, 0.1) is 5.02 Å². The fourth-order valence-corrected chi connectivity index (χ4v) is 2.06. The molecule has 0 radical (unpaired) electrons. The van der Waals surface area contributed by atoms with E-state index in [4.69, 9.17) is 17.3 Å². The van der Waals surface area contributed by atoms with Crippen LogP contribution in [0.4, 0.5) is 23.1 Å². The van der Waals surface area contributed by atoms with Crippen molar-refractivity contribution < 1.29 is 4.79 Å². The lowest BCUT2D eigenvalue weighted by molar-refractivity contribution is 0.0962. The largest absolute Gasteiger partial charge is 0.393 e. The molecule has 25 heavy (non-hydrogen) atoms. The van der Waals surface area contributed by atoms with E-state index in [2.05, 4.69) is 31.1 Å². The summed E-state index contributed by atoms with van der Waals surface area (Å²) in [5.74, 6) is 0.818. The van der Waals surface area contributed by atoms with Crippen LogP contribution in [-0.2, 0) is 0 Å². The average Bonchev–Trinajstić information content (AvgIpc) is 2.64. The van der Waals surface area contributed by atoms with E-state index in [-0.39, 0.29) is 17.4 Å². The summed E-state index contributed by atoms with van der Waals surface area (Å²) in [6.07, 6.45) is 2.81. The zero-order valence-corrected chi connectivity index (χ0v) is 13.7. The monoisotopic (exact) mass is 355 g/mol. The van der Waals surface area contributed by atoms with Crippen molar-refractivity contribution in [3.63, 3.8) is 0 Å². The fraction of sp³-hybridized carbons (Fsp3) is 0. The third kappa shape index (κ3) is 4.12. The van der Waals surface area contributed by atoms with Crippen LogP contribution >= 0.6 is 11.6 Å². The molecule has 2 heterocycles.